The molecule has 7 heteroatoms. The van der Waals surface area contributed by atoms with E-state index in [1.165, 1.54) is 7.11 Å². The van der Waals surface area contributed by atoms with Crippen LogP contribution in [-0.4, -0.2) is 18.9 Å². The number of imide groups is 1. The summed E-state index contributed by atoms with van der Waals surface area (Å²) in [7, 11) is 1.51. The summed E-state index contributed by atoms with van der Waals surface area (Å²) in [5.41, 5.74) is 10.2. The fourth-order valence-corrected chi connectivity index (χ4v) is 2.55. The maximum absolute atomic E-state index is 12.6. The van der Waals surface area contributed by atoms with E-state index in [1.54, 1.807) is 42.5 Å². The molecule has 114 valence electrons. The Morgan fingerprint density at radius 3 is 2.35 bits per heavy atom. The van der Waals surface area contributed by atoms with E-state index in [2.05, 4.69) is 10.0 Å². The number of carbonyl (C=O) groups is 2. The predicted molar refractivity (Wildman–Crippen MR) is 83.4 cm³/mol. The van der Waals surface area contributed by atoms with Crippen LogP contribution in [0, 0.1) is 0 Å². The number of amides is 2. The molecular formula is C16H12N4O3. The lowest BCUT2D eigenvalue weighted by Crippen LogP contribution is -2.30. The number of nitrogens with zero attached hydrogens (tertiary/aromatic N) is 4. The molecule has 7 nitrogen and oxygen atoms in total. The number of fused-ring (bicyclic) bond motifs is 1. The number of methoxy groups -OCH3 is 1. The van der Waals surface area contributed by atoms with Crippen LogP contribution in [0.15, 0.2) is 47.6 Å². The molecule has 0 N–H and O–H groups in total. The zero-order chi connectivity index (χ0) is 16.4. The zero-order valence-electron chi connectivity index (χ0n) is 12.3. The number of anilines is 1. The molecule has 0 saturated carbocycles. The van der Waals surface area contributed by atoms with E-state index in [1.807, 2.05) is 0 Å². The molecule has 0 aliphatic carbocycles. The van der Waals surface area contributed by atoms with Gasteiger partial charge >= 0.3 is 0 Å². The summed E-state index contributed by atoms with van der Waals surface area (Å²) in [6, 6.07) is 11.6. The largest absolute Gasteiger partial charge is 0.497 e. The van der Waals surface area contributed by atoms with Crippen LogP contribution in [-0.2, 0) is 6.54 Å². The molecule has 23 heavy (non-hydrogen) atoms. The molecule has 2 aromatic carbocycles. The number of benzene rings is 2. The SMILES string of the molecule is COc1ccc(N2C(=O)c3ccccc3C2=O)c(CN=[N+]=[N-])c1. The number of hydrogen-bond acceptors (Lipinski definition) is 4. The molecule has 2 aromatic rings. The minimum atomic E-state index is -0.391. The quantitative estimate of drug-likeness (QED) is 0.375. The van der Waals surface area contributed by atoms with Crippen LogP contribution in [0.2, 0.25) is 0 Å². The Hall–Kier alpha value is -3.31. The first-order chi connectivity index (χ1) is 11.2. The average molecular weight is 308 g/mol. The summed E-state index contributed by atoms with van der Waals surface area (Å²) in [5, 5.41) is 3.52. The van der Waals surface area contributed by atoms with E-state index in [0.29, 0.717) is 28.1 Å². The van der Waals surface area contributed by atoms with Crippen molar-refractivity contribution in [3.05, 3.63) is 69.6 Å². The zero-order valence-corrected chi connectivity index (χ0v) is 12.3. The lowest BCUT2D eigenvalue weighted by atomic mass is 10.1. The Kier molecular flexibility index (Phi) is 3.70. The highest BCUT2D eigenvalue weighted by atomic mass is 16.5. The van der Waals surface area contributed by atoms with Crippen molar-refractivity contribution < 1.29 is 14.3 Å². The molecule has 0 bridgehead atoms. The Morgan fingerprint density at radius 2 is 1.78 bits per heavy atom. The van der Waals surface area contributed by atoms with Gasteiger partial charge in [0.25, 0.3) is 11.8 Å². The van der Waals surface area contributed by atoms with Gasteiger partial charge in [-0.3, -0.25) is 9.59 Å². The molecule has 0 atom stereocenters. The van der Waals surface area contributed by atoms with E-state index < -0.39 is 11.8 Å². The third-order valence-corrected chi connectivity index (χ3v) is 3.63. The Labute approximate surface area is 131 Å². The van der Waals surface area contributed by atoms with Crippen LogP contribution in [0.3, 0.4) is 0 Å². The van der Waals surface area contributed by atoms with Gasteiger partial charge in [0.2, 0.25) is 0 Å². The Morgan fingerprint density at radius 1 is 1.13 bits per heavy atom. The van der Waals surface area contributed by atoms with Crippen molar-refractivity contribution in [2.75, 3.05) is 12.0 Å². The second-order valence-electron chi connectivity index (χ2n) is 4.87. The first-order valence-corrected chi connectivity index (χ1v) is 6.83. The van der Waals surface area contributed by atoms with E-state index in [4.69, 9.17) is 10.3 Å². The maximum Gasteiger partial charge on any atom is 0.266 e. The molecule has 3 rings (SSSR count). The van der Waals surface area contributed by atoms with Crippen molar-refractivity contribution in [3.63, 3.8) is 0 Å². The van der Waals surface area contributed by atoms with Crippen LogP contribution >= 0.6 is 0 Å². The van der Waals surface area contributed by atoms with Crippen molar-refractivity contribution in [2.45, 2.75) is 6.54 Å². The Bertz CT molecular complexity index is 821. The van der Waals surface area contributed by atoms with Gasteiger partial charge in [0.15, 0.2) is 0 Å². The van der Waals surface area contributed by atoms with E-state index in [9.17, 15) is 9.59 Å². The molecule has 2 amide bonds. The van der Waals surface area contributed by atoms with Gasteiger partial charge in [-0.1, -0.05) is 17.2 Å². The molecule has 0 spiro atoms. The number of hydrogen-bond donors (Lipinski definition) is 0. The van der Waals surface area contributed by atoms with Crippen LogP contribution in [0.1, 0.15) is 26.3 Å². The highest BCUT2D eigenvalue weighted by Crippen LogP contribution is 2.33. The maximum atomic E-state index is 12.6. The van der Waals surface area contributed by atoms with Gasteiger partial charge in [-0.05, 0) is 41.4 Å². The summed E-state index contributed by atoms with van der Waals surface area (Å²) in [6.07, 6.45) is 0. The van der Waals surface area contributed by atoms with Gasteiger partial charge in [0.1, 0.15) is 5.75 Å². The van der Waals surface area contributed by atoms with Crippen molar-refractivity contribution in [1.82, 2.24) is 0 Å². The van der Waals surface area contributed by atoms with E-state index in [-0.39, 0.29) is 6.54 Å². The second-order valence-corrected chi connectivity index (χ2v) is 4.87. The second kappa shape index (κ2) is 5.82. The number of azide groups is 1. The predicted octanol–water partition coefficient (Wildman–Crippen LogP) is 3.31. The van der Waals surface area contributed by atoms with Gasteiger partial charge in [-0.15, -0.1) is 0 Å². The average Bonchev–Trinajstić information content (AvgIpc) is 2.84. The number of rotatable bonds is 4. The third-order valence-electron chi connectivity index (χ3n) is 3.63. The smallest absolute Gasteiger partial charge is 0.266 e. The van der Waals surface area contributed by atoms with Crippen molar-refractivity contribution >= 4 is 17.5 Å². The normalized spacial score (nSPS) is 12.8. The minimum absolute atomic E-state index is 0.0104. The first-order valence-electron chi connectivity index (χ1n) is 6.83. The topological polar surface area (TPSA) is 95.4 Å². The van der Waals surface area contributed by atoms with Crippen molar-refractivity contribution in [1.29, 1.82) is 0 Å². The molecule has 0 unspecified atom stereocenters. The molecule has 0 radical (unpaired) electrons. The first kappa shape index (κ1) is 14.6. The standard InChI is InChI=1S/C16H12N4O3/c1-23-11-6-7-14(10(8-11)9-18-19-17)20-15(21)12-4-2-3-5-13(12)16(20)22/h2-8H,9H2,1H3. The third kappa shape index (κ3) is 2.39. The molecule has 1 aliphatic heterocycles. The van der Waals surface area contributed by atoms with Gasteiger partial charge < -0.3 is 4.74 Å². The number of ether oxygens (including phenoxy) is 1. The molecular weight excluding hydrogens is 296 g/mol. The summed E-state index contributed by atoms with van der Waals surface area (Å²) < 4.78 is 5.14. The Balaban J connectivity index is 2.10. The monoisotopic (exact) mass is 308 g/mol. The number of carbonyl (C=O) groups excluding carboxylic acids is 2. The van der Waals surface area contributed by atoms with Gasteiger partial charge in [0.05, 0.1) is 30.5 Å². The van der Waals surface area contributed by atoms with Gasteiger partial charge in [0, 0.05) is 4.91 Å². The highest BCUT2D eigenvalue weighted by Gasteiger charge is 2.37. The molecule has 0 saturated heterocycles. The summed E-state index contributed by atoms with van der Waals surface area (Å²) >= 11 is 0. The summed E-state index contributed by atoms with van der Waals surface area (Å²) in [5.74, 6) is -0.232. The highest BCUT2D eigenvalue weighted by molar-refractivity contribution is 6.34. The lowest BCUT2D eigenvalue weighted by Gasteiger charge is -2.18. The van der Waals surface area contributed by atoms with Gasteiger partial charge in [-0.25, -0.2) is 4.90 Å². The minimum Gasteiger partial charge on any atom is -0.497 e. The lowest BCUT2D eigenvalue weighted by molar-refractivity contribution is 0.0926. The molecule has 0 fully saturated rings. The van der Waals surface area contributed by atoms with Crippen LogP contribution < -0.4 is 9.64 Å². The molecule has 1 heterocycles. The van der Waals surface area contributed by atoms with Crippen LogP contribution in [0.5, 0.6) is 5.75 Å². The van der Waals surface area contributed by atoms with E-state index in [0.717, 1.165) is 4.90 Å². The van der Waals surface area contributed by atoms with E-state index >= 15 is 0 Å². The fourth-order valence-electron chi connectivity index (χ4n) is 2.55. The summed E-state index contributed by atoms with van der Waals surface area (Å²) in [6.45, 7) is 0.0104. The molecule has 0 aromatic heterocycles. The fraction of sp³-hybridized carbons (Fsp3) is 0.125. The van der Waals surface area contributed by atoms with Crippen LogP contribution in [0.4, 0.5) is 5.69 Å². The van der Waals surface area contributed by atoms with Crippen LogP contribution in [0.25, 0.3) is 10.4 Å². The summed E-state index contributed by atoms with van der Waals surface area (Å²) in [4.78, 5) is 28.9. The molecule has 1 aliphatic rings. The van der Waals surface area contributed by atoms with Gasteiger partial charge in [-0.2, -0.15) is 0 Å². The van der Waals surface area contributed by atoms with Crippen molar-refractivity contribution in [2.24, 2.45) is 5.11 Å². The van der Waals surface area contributed by atoms with Crippen molar-refractivity contribution in [3.8, 4) is 5.75 Å².